The van der Waals surface area contributed by atoms with Gasteiger partial charge in [-0.05, 0) is 25.7 Å². The van der Waals surface area contributed by atoms with E-state index in [-0.39, 0.29) is 0 Å². The first kappa shape index (κ1) is 9.44. The lowest BCUT2D eigenvalue weighted by molar-refractivity contribution is 0.0839. The molecule has 2 N–H and O–H groups in total. The maximum Gasteiger partial charge on any atom is 0.0589 e. The van der Waals surface area contributed by atoms with Gasteiger partial charge >= 0.3 is 0 Å². The van der Waals surface area contributed by atoms with Gasteiger partial charge < -0.3 is 10.5 Å². The van der Waals surface area contributed by atoms with Crippen molar-refractivity contribution in [1.82, 2.24) is 4.90 Å². The van der Waals surface area contributed by atoms with Crippen molar-refractivity contribution in [2.45, 2.75) is 43.8 Å². The molecule has 0 aliphatic carbocycles. The third-order valence-corrected chi connectivity index (χ3v) is 3.47. The molecule has 3 heteroatoms. The van der Waals surface area contributed by atoms with Crippen molar-refractivity contribution in [3.8, 4) is 0 Å². The highest BCUT2D eigenvalue weighted by Crippen LogP contribution is 2.34. The highest BCUT2D eigenvalue weighted by atomic mass is 16.5. The predicted molar refractivity (Wildman–Crippen MR) is 52.6 cm³/mol. The van der Waals surface area contributed by atoms with Gasteiger partial charge in [-0.3, -0.25) is 4.90 Å². The van der Waals surface area contributed by atoms with Crippen LogP contribution in [0.15, 0.2) is 0 Å². The number of rotatable bonds is 3. The van der Waals surface area contributed by atoms with Crippen LogP contribution in [0.2, 0.25) is 0 Å². The summed E-state index contributed by atoms with van der Waals surface area (Å²) in [6.07, 6.45) is 5.09. The van der Waals surface area contributed by atoms with Crippen molar-refractivity contribution >= 4 is 0 Å². The Labute approximate surface area is 80.2 Å². The van der Waals surface area contributed by atoms with Gasteiger partial charge in [-0.2, -0.15) is 0 Å². The lowest BCUT2D eigenvalue weighted by Crippen LogP contribution is -2.48. The van der Waals surface area contributed by atoms with Crippen LogP contribution in [0.25, 0.3) is 0 Å². The van der Waals surface area contributed by atoms with Crippen molar-refractivity contribution in [2.75, 3.05) is 20.3 Å². The number of fused-ring (bicyclic) bond motifs is 2. The lowest BCUT2D eigenvalue weighted by Gasteiger charge is -2.37. The Hall–Kier alpha value is -0.120. The minimum absolute atomic E-state index is 0.455. The molecule has 2 atom stereocenters. The average Bonchev–Trinajstić information content (AvgIpc) is 2.33. The monoisotopic (exact) mass is 184 g/mol. The Bertz CT molecular complexity index is 160. The number of methoxy groups -OCH3 is 1. The summed E-state index contributed by atoms with van der Waals surface area (Å²) in [6.45, 7) is 1.96. The average molecular weight is 184 g/mol. The van der Waals surface area contributed by atoms with Crippen molar-refractivity contribution in [1.29, 1.82) is 0 Å². The first-order valence-corrected chi connectivity index (χ1v) is 5.31. The van der Waals surface area contributed by atoms with Gasteiger partial charge in [0, 0.05) is 31.8 Å². The van der Waals surface area contributed by atoms with Crippen molar-refractivity contribution in [3.05, 3.63) is 0 Å². The number of piperidine rings is 1. The molecule has 2 fully saturated rings. The van der Waals surface area contributed by atoms with E-state index >= 15 is 0 Å². The van der Waals surface area contributed by atoms with E-state index in [1.165, 1.54) is 25.7 Å². The van der Waals surface area contributed by atoms with E-state index in [0.717, 1.165) is 25.2 Å². The second-order valence-electron chi connectivity index (χ2n) is 4.35. The number of nitrogens with two attached hydrogens (primary N) is 1. The molecule has 2 unspecified atom stereocenters. The second-order valence-corrected chi connectivity index (χ2v) is 4.35. The standard InChI is InChI=1S/C10H20N2O/c1-13-5-4-12-9-2-3-10(12)7-8(11)6-9/h8-10H,2-7,11H2,1H3. The van der Waals surface area contributed by atoms with Crippen LogP contribution in [0.4, 0.5) is 0 Å². The Morgan fingerprint density at radius 3 is 2.46 bits per heavy atom. The second kappa shape index (κ2) is 3.95. The maximum atomic E-state index is 5.99. The molecule has 0 saturated carbocycles. The molecule has 2 saturated heterocycles. The van der Waals surface area contributed by atoms with Crippen molar-refractivity contribution in [2.24, 2.45) is 5.73 Å². The third-order valence-electron chi connectivity index (χ3n) is 3.47. The lowest BCUT2D eigenvalue weighted by atomic mass is 9.98. The molecule has 0 aromatic heterocycles. The molecule has 76 valence electrons. The summed E-state index contributed by atoms with van der Waals surface area (Å²) in [6, 6.07) is 1.96. The fraction of sp³-hybridized carbons (Fsp3) is 1.00. The van der Waals surface area contributed by atoms with E-state index in [2.05, 4.69) is 4.90 Å². The summed E-state index contributed by atoms with van der Waals surface area (Å²) < 4.78 is 5.12. The van der Waals surface area contributed by atoms with Gasteiger partial charge in [0.2, 0.25) is 0 Å². The topological polar surface area (TPSA) is 38.5 Å². The van der Waals surface area contributed by atoms with E-state index in [1.54, 1.807) is 7.11 Å². The molecular weight excluding hydrogens is 164 g/mol. The normalized spacial score (nSPS) is 39.7. The minimum Gasteiger partial charge on any atom is -0.383 e. The first-order chi connectivity index (χ1) is 6.31. The van der Waals surface area contributed by atoms with Gasteiger partial charge in [0.25, 0.3) is 0 Å². The smallest absolute Gasteiger partial charge is 0.0589 e. The predicted octanol–water partition coefficient (Wildman–Crippen LogP) is 0.587. The summed E-state index contributed by atoms with van der Waals surface area (Å²) >= 11 is 0. The highest BCUT2D eigenvalue weighted by Gasteiger charge is 2.38. The molecule has 2 heterocycles. The number of hydrogen-bond donors (Lipinski definition) is 1. The molecule has 2 bridgehead atoms. The quantitative estimate of drug-likeness (QED) is 0.697. The van der Waals surface area contributed by atoms with Crippen LogP contribution in [-0.4, -0.2) is 43.3 Å². The van der Waals surface area contributed by atoms with Crippen LogP contribution in [0.3, 0.4) is 0 Å². The van der Waals surface area contributed by atoms with Crippen LogP contribution in [-0.2, 0) is 4.74 Å². The molecule has 3 nitrogen and oxygen atoms in total. The summed E-state index contributed by atoms with van der Waals surface area (Å²) in [4.78, 5) is 2.60. The zero-order chi connectivity index (χ0) is 9.26. The van der Waals surface area contributed by atoms with Gasteiger partial charge in [0.1, 0.15) is 0 Å². The highest BCUT2D eigenvalue weighted by molar-refractivity contribution is 4.96. The summed E-state index contributed by atoms with van der Waals surface area (Å²) in [5.41, 5.74) is 5.99. The number of hydrogen-bond acceptors (Lipinski definition) is 3. The first-order valence-electron chi connectivity index (χ1n) is 5.31. The fourth-order valence-corrected chi connectivity index (χ4v) is 2.88. The van der Waals surface area contributed by atoms with E-state index < -0.39 is 0 Å². The van der Waals surface area contributed by atoms with Crippen molar-refractivity contribution in [3.63, 3.8) is 0 Å². The summed E-state index contributed by atoms with van der Waals surface area (Å²) in [5.74, 6) is 0. The Kier molecular flexibility index (Phi) is 2.86. The van der Waals surface area contributed by atoms with Crippen LogP contribution in [0.1, 0.15) is 25.7 Å². The summed E-state index contributed by atoms with van der Waals surface area (Å²) in [5, 5.41) is 0. The van der Waals surface area contributed by atoms with E-state index in [9.17, 15) is 0 Å². The molecule has 2 aliphatic heterocycles. The summed E-state index contributed by atoms with van der Waals surface area (Å²) in [7, 11) is 1.78. The van der Waals surface area contributed by atoms with Crippen LogP contribution in [0, 0.1) is 0 Å². The molecule has 0 spiro atoms. The van der Waals surface area contributed by atoms with Gasteiger partial charge in [0.05, 0.1) is 6.61 Å². The van der Waals surface area contributed by atoms with Gasteiger partial charge in [-0.25, -0.2) is 0 Å². The van der Waals surface area contributed by atoms with E-state index in [1.807, 2.05) is 0 Å². The zero-order valence-electron chi connectivity index (χ0n) is 8.41. The number of ether oxygens (including phenoxy) is 1. The molecule has 0 radical (unpaired) electrons. The molecule has 0 amide bonds. The minimum atomic E-state index is 0.455. The Morgan fingerprint density at radius 1 is 1.31 bits per heavy atom. The van der Waals surface area contributed by atoms with Crippen LogP contribution >= 0.6 is 0 Å². The molecule has 13 heavy (non-hydrogen) atoms. The Morgan fingerprint density at radius 2 is 1.92 bits per heavy atom. The third kappa shape index (κ3) is 1.87. The fourth-order valence-electron chi connectivity index (χ4n) is 2.88. The SMILES string of the molecule is COCCN1C2CCC1CC(N)C2. The van der Waals surface area contributed by atoms with Gasteiger partial charge in [0.15, 0.2) is 0 Å². The van der Waals surface area contributed by atoms with E-state index in [4.69, 9.17) is 10.5 Å². The molecule has 0 aromatic rings. The number of nitrogens with zero attached hydrogens (tertiary/aromatic N) is 1. The molecule has 2 rings (SSSR count). The van der Waals surface area contributed by atoms with E-state index in [0.29, 0.717) is 6.04 Å². The van der Waals surface area contributed by atoms with Crippen LogP contribution in [0.5, 0.6) is 0 Å². The molecule has 0 aromatic carbocycles. The van der Waals surface area contributed by atoms with Gasteiger partial charge in [-0.1, -0.05) is 0 Å². The van der Waals surface area contributed by atoms with Crippen LogP contribution < -0.4 is 5.73 Å². The maximum absolute atomic E-state index is 5.99. The zero-order valence-corrected chi connectivity index (χ0v) is 8.41. The Balaban J connectivity index is 1.90. The largest absolute Gasteiger partial charge is 0.383 e. The molecular formula is C10H20N2O. The van der Waals surface area contributed by atoms with Gasteiger partial charge in [-0.15, -0.1) is 0 Å². The molecule has 2 aliphatic rings. The van der Waals surface area contributed by atoms with Crippen molar-refractivity contribution < 1.29 is 4.74 Å².